The van der Waals surface area contributed by atoms with Crippen molar-refractivity contribution >= 4 is 51.1 Å². The number of alkyl halides is 3. The number of methoxy groups -OCH3 is 1. The second-order valence-corrected chi connectivity index (χ2v) is 10.4. The third kappa shape index (κ3) is 5.37. The van der Waals surface area contributed by atoms with Crippen molar-refractivity contribution in [3.63, 3.8) is 0 Å². The van der Waals surface area contributed by atoms with Crippen molar-refractivity contribution < 1.29 is 22.7 Å². The van der Waals surface area contributed by atoms with E-state index in [1.807, 2.05) is 50.2 Å². The lowest BCUT2D eigenvalue weighted by atomic mass is 10.0. The highest BCUT2D eigenvalue weighted by Gasteiger charge is 2.34. The van der Waals surface area contributed by atoms with E-state index < -0.39 is 17.7 Å². The molecule has 4 rings (SSSR count). The molecule has 0 aliphatic heterocycles. The van der Waals surface area contributed by atoms with Crippen molar-refractivity contribution in [2.75, 3.05) is 12.4 Å². The molecule has 0 radical (unpaired) electrons. The number of thiazole rings is 1. The number of thiophene rings is 1. The number of halogens is 4. The number of benzene rings is 2. The van der Waals surface area contributed by atoms with Gasteiger partial charge in [-0.05, 0) is 29.7 Å². The predicted molar refractivity (Wildman–Crippen MR) is 136 cm³/mol. The SMILES string of the molecule is COC(=O)c1sc(-c2ccccc2)cc1Nc1nc(-c2ccc(Cl)c(C(F)(F)F)c2)c(C(C)C)s1. The molecule has 1 N–H and O–H groups in total. The Balaban J connectivity index is 1.76. The molecule has 2 aromatic heterocycles. The molecular weight excluding hydrogens is 517 g/mol. The molecule has 2 heterocycles. The molecule has 35 heavy (non-hydrogen) atoms. The summed E-state index contributed by atoms with van der Waals surface area (Å²) in [6.07, 6.45) is -4.58. The highest BCUT2D eigenvalue weighted by Crippen LogP contribution is 2.43. The molecule has 0 saturated heterocycles. The lowest BCUT2D eigenvalue weighted by molar-refractivity contribution is -0.137. The summed E-state index contributed by atoms with van der Waals surface area (Å²) in [5.41, 5.74) is 1.31. The first-order valence-corrected chi connectivity index (χ1v) is 12.5. The van der Waals surface area contributed by atoms with Crippen LogP contribution in [0.3, 0.4) is 0 Å². The summed E-state index contributed by atoms with van der Waals surface area (Å²) in [7, 11) is 1.31. The van der Waals surface area contributed by atoms with E-state index in [0.29, 0.717) is 27.0 Å². The summed E-state index contributed by atoms with van der Waals surface area (Å²) in [5, 5.41) is 3.28. The number of hydrogen-bond acceptors (Lipinski definition) is 6. The molecule has 4 aromatic rings. The minimum atomic E-state index is -4.58. The van der Waals surface area contributed by atoms with Crippen molar-refractivity contribution in [3.05, 3.63) is 74.9 Å². The Bertz CT molecular complexity index is 1370. The molecule has 2 aromatic carbocycles. The zero-order chi connectivity index (χ0) is 25.3. The number of nitrogens with one attached hydrogen (secondary N) is 1. The number of anilines is 2. The van der Waals surface area contributed by atoms with Gasteiger partial charge in [-0.2, -0.15) is 13.2 Å². The maximum atomic E-state index is 13.4. The summed E-state index contributed by atoms with van der Waals surface area (Å²) in [6.45, 7) is 3.89. The van der Waals surface area contributed by atoms with Gasteiger partial charge in [0.15, 0.2) is 5.13 Å². The topological polar surface area (TPSA) is 51.2 Å². The van der Waals surface area contributed by atoms with Crippen LogP contribution in [0.5, 0.6) is 0 Å². The first-order chi connectivity index (χ1) is 16.6. The maximum absolute atomic E-state index is 13.4. The average Bonchev–Trinajstić information content (AvgIpc) is 3.44. The van der Waals surface area contributed by atoms with Crippen LogP contribution in [0.15, 0.2) is 54.6 Å². The average molecular weight is 537 g/mol. The molecule has 0 aliphatic rings. The van der Waals surface area contributed by atoms with Crippen molar-refractivity contribution in [2.45, 2.75) is 25.9 Å². The normalized spacial score (nSPS) is 11.7. The Kier molecular flexibility index (Phi) is 7.21. The lowest BCUT2D eigenvalue weighted by Gasteiger charge is -2.11. The molecule has 0 fully saturated rings. The van der Waals surface area contributed by atoms with E-state index in [1.165, 1.54) is 41.9 Å². The molecule has 10 heteroatoms. The Hall–Kier alpha value is -2.88. The van der Waals surface area contributed by atoms with Gasteiger partial charge < -0.3 is 10.1 Å². The smallest absolute Gasteiger partial charge is 0.417 e. The molecule has 0 spiro atoms. The number of esters is 1. The van der Waals surface area contributed by atoms with Crippen LogP contribution in [0, 0.1) is 0 Å². The molecule has 0 unspecified atom stereocenters. The van der Waals surface area contributed by atoms with E-state index in [4.69, 9.17) is 16.3 Å². The Labute approximate surface area is 213 Å². The highest BCUT2D eigenvalue weighted by atomic mass is 35.5. The van der Waals surface area contributed by atoms with Gasteiger partial charge in [-0.1, -0.05) is 61.8 Å². The number of ether oxygens (including phenoxy) is 1. The van der Waals surface area contributed by atoms with Gasteiger partial charge in [0, 0.05) is 15.3 Å². The van der Waals surface area contributed by atoms with Gasteiger partial charge in [0.25, 0.3) is 0 Å². The standard InChI is InChI=1S/C25H20ClF3N2O2S2/c1-13(2)21-20(15-9-10-17(26)16(11-15)25(27,28)29)31-24(35-21)30-18-12-19(14-7-5-4-6-8-14)34-22(18)23(32)33-3/h4-13H,1-3H3,(H,30,31). The molecule has 0 saturated carbocycles. The number of rotatable bonds is 6. The molecule has 0 amide bonds. The van der Waals surface area contributed by atoms with Crippen LogP contribution in [0.4, 0.5) is 24.0 Å². The zero-order valence-corrected chi connectivity index (χ0v) is 21.3. The number of carbonyl (C=O) groups excluding carboxylic acids is 1. The number of carbonyl (C=O) groups is 1. The van der Waals surface area contributed by atoms with Gasteiger partial charge in [0.05, 0.1) is 29.1 Å². The van der Waals surface area contributed by atoms with Gasteiger partial charge in [0.1, 0.15) is 4.88 Å². The summed E-state index contributed by atoms with van der Waals surface area (Å²) >= 11 is 8.41. The van der Waals surface area contributed by atoms with E-state index in [-0.39, 0.29) is 10.9 Å². The van der Waals surface area contributed by atoms with Crippen LogP contribution < -0.4 is 5.32 Å². The van der Waals surface area contributed by atoms with E-state index >= 15 is 0 Å². The number of hydrogen-bond donors (Lipinski definition) is 1. The third-order valence-corrected chi connectivity index (χ3v) is 7.89. The predicted octanol–water partition coefficient (Wildman–Crippen LogP) is 8.86. The van der Waals surface area contributed by atoms with Crippen LogP contribution in [-0.4, -0.2) is 18.1 Å². The van der Waals surface area contributed by atoms with E-state index in [9.17, 15) is 18.0 Å². The molecule has 0 aliphatic carbocycles. The Morgan fingerprint density at radius 1 is 1.06 bits per heavy atom. The maximum Gasteiger partial charge on any atom is 0.417 e. The zero-order valence-electron chi connectivity index (χ0n) is 18.9. The van der Waals surface area contributed by atoms with Crippen molar-refractivity contribution in [1.82, 2.24) is 4.98 Å². The van der Waals surface area contributed by atoms with Crippen molar-refractivity contribution in [2.24, 2.45) is 0 Å². The molecule has 182 valence electrons. The first kappa shape index (κ1) is 25.2. The largest absolute Gasteiger partial charge is 0.465 e. The minimum Gasteiger partial charge on any atom is -0.465 e. The number of aromatic nitrogens is 1. The van der Waals surface area contributed by atoms with E-state index in [1.54, 1.807) is 0 Å². The summed E-state index contributed by atoms with van der Waals surface area (Å²) < 4.78 is 45.3. The third-order valence-electron chi connectivity index (χ3n) is 5.13. The Morgan fingerprint density at radius 3 is 2.40 bits per heavy atom. The second kappa shape index (κ2) is 10.0. The molecule has 4 nitrogen and oxygen atoms in total. The van der Waals surface area contributed by atoms with Gasteiger partial charge in [-0.25, -0.2) is 9.78 Å². The first-order valence-electron chi connectivity index (χ1n) is 10.5. The minimum absolute atomic E-state index is 0.00509. The fourth-order valence-electron chi connectivity index (χ4n) is 3.46. The monoisotopic (exact) mass is 536 g/mol. The fraction of sp³-hybridized carbons (Fsp3) is 0.200. The van der Waals surface area contributed by atoms with Gasteiger partial charge >= 0.3 is 12.1 Å². The van der Waals surface area contributed by atoms with Gasteiger partial charge in [-0.15, -0.1) is 22.7 Å². The van der Waals surface area contributed by atoms with E-state index in [0.717, 1.165) is 21.4 Å². The quantitative estimate of drug-likeness (QED) is 0.250. The van der Waals surface area contributed by atoms with Crippen molar-refractivity contribution in [3.8, 4) is 21.7 Å². The highest BCUT2D eigenvalue weighted by molar-refractivity contribution is 7.18. The van der Waals surface area contributed by atoms with Crippen LogP contribution in [-0.2, 0) is 10.9 Å². The van der Waals surface area contributed by atoms with Crippen molar-refractivity contribution in [1.29, 1.82) is 0 Å². The summed E-state index contributed by atoms with van der Waals surface area (Å²) in [4.78, 5) is 19.1. The molecular formula is C25H20ClF3N2O2S2. The molecule has 0 atom stereocenters. The number of nitrogens with zero attached hydrogens (tertiary/aromatic N) is 1. The summed E-state index contributed by atoms with van der Waals surface area (Å²) in [6, 6.07) is 15.2. The van der Waals surface area contributed by atoms with Crippen LogP contribution in [0.25, 0.3) is 21.7 Å². The summed E-state index contributed by atoms with van der Waals surface area (Å²) in [5.74, 6) is -0.487. The molecule has 0 bridgehead atoms. The second-order valence-electron chi connectivity index (χ2n) is 7.92. The Morgan fingerprint density at radius 2 is 1.77 bits per heavy atom. The van der Waals surface area contributed by atoms with Gasteiger partial charge in [0.2, 0.25) is 0 Å². The fourth-order valence-corrected chi connectivity index (χ4v) is 5.73. The van der Waals surface area contributed by atoms with Crippen LogP contribution in [0.2, 0.25) is 5.02 Å². The lowest BCUT2D eigenvalue weighted by Crippen LogP contribution is -2.06. The van der Waals surface area contributed by atoms with E-state index in [2.05, 4.69) is 10.3 Å². The van der Waals surface area contributed by atoms with Crippen LogP contribution >= 0.6 is 34.3 Å². The van der Waals surface area contributed by atoms with Gasteiger partial charge in [-0.3, -0.25) is 0 Å². The van der Waals surface area contributed by atoms with Crippen LogP contribution in [0.1, 0.15) is 39.9 Å².